The van der Waals surface area contributed by atoms with Gasteiger partial charge in [0.05, 0.1) is 5.41 Å². The van der Waals surface area contributed by atoms with E-state index in [2.05, 4.69) is 0 Å². The van der Waals surface area contributed by atoms with E-state index in [0.29, 0.717) is 25.1 Å². The number of carbonyl (C=O) groups is 2. The van der Waals surface area contributed by atoms with Crippen molar-refractivity contribution in [1.82, 2.24) is 0 Å². The second kappa shape index (κ2) is 6.24. The van der Waals surface area contributed by atoms with Crippen LogP contribution in [0.3, 0.4) is 0 Å². The summed E-state index contributed by atoms with van der Waals surface area (Å²) in [7, 11) is 0. The topological polar surface area (TPSA) is 57.6 Å². The maximum atomic E-state index is 13.3. The fourth-order valence-electron chi connectivity index (χ4n) is 3.05. The van der Waals surface area contributed by atoms with E-state index in [1.807, 2.05) is 0 Å². The highest BCUT2D eigenvalue weighted by Crippen LogP contribution is 2.42. The summed E-state index contributed by atoms with van der Waals surface area (Å²) < 4.78 is 13.3. The van der Waals surface area contributed by atoms with Crippen LogP contribution in [-0.2, 0) is 9.59 Å². The first kappa shape index (κ1) is 15.5. The largest absolute Gasteiger partial charge is 0.481 e. The smallest absolute Gasteiger partial charge is 0.310 e. The zero-order chi connectivity index (χ0) is 15.5. The highest BCUT2D eigenvalue weighted by atomic mass is 19.1. The van der Waals surface area contributed by atoms with Gasteiger partial charge < -0.3 is 10.0 Å². The van der Waals surface area contributed by atoms with Gasteiger partial charge in [-0.15, -0.1) is 0 Å². The van der Waals surface area contributed by atoms with Crippen LogP contribution >= 0.6 is 0 Å². The highest BCUT2D eigenvalue weighted by Gasteiger charge is 2.43. The van der Waals surface area contributed by atoms with Crippen LogP contribution in [0.5, 0.6) is 0 Å². The van der Waals surface area contributed by atoms with Gasteiger partial charge in [0.15, 0.2) is 0 Å². The average molecular weight is 293 g/mol. The number of carboxylic acids is 1. The number of carboxylic acid groups (broad SMARTS) is 1. The van der Waals surface area contributed by atoms with E-state index in [9.17, 15) is 19.1 Å². The Morgan fingerprint density at radius 2 is 2.00 bits per heavy atom. The Labute approximate surface area is 123 Å². The summed E-state index contributed by atoms with van der Waals surface area (Å²) in [5.41, 5.74) is -0.473. The Morgan fingerprint density at radius 1 is 1.33 bits per heavy atom. The van der Waals surface area contributed by atoms with E-state index >= 15 is 0 Å². The third-order valence-electron chi connectivity index (χ3n) is 4.24. The molecule has 1 aromatic rings. The number of nitrogens with zero attached hydrogens (tertiary/aromatic N) is 1. The molecule has 0 heterocycles. The Balaban J connectivity index is 2.19. The molecule has 21 heavy (non-hydrogen) atoms. The van der Waals surface area contributed by atoms with Gasteiger partial charge in [-0.05, 0) is 38.0 Å². The van der Waals surface area contributed by atoms with Gasteiger partial charge in [0.1, 0.15) is 5.82 Å². The quantitative estimate of drug-likeness (QED) is 0.907. The van der Waals surface area contributed by atoms with Crippen LogP contribution in [0, 0.1) is 11.2 Å². The van der Waals surface area contributed by atoms with Gasteiger partial charge in [0.25, 0.3) is 0 Å². The molecule has 0 unspecified atom stereocenters. The third kappa shape index (κ3) is 3.23. The van der Waals surface area contributed by atoms with Crippen LogP contribution < -0.4 is 4.90 Å². The van der Waals surface area contributed by atoms with Crippen molar-refractivity contribution in [2.24, 2.45) is 5.41 Å². The van der Waals surface area contributed by atoms with Crippen LogP contribution in [0.1, 0.15) is 39.0 Å². The molecule has 0 aliphatic heterocycles. The molecule has 1 fully saturated rings. The summed E-state index contributed by atoms with van der Waals surface area (Å²) in [5, 5.41) is 9.45. The van der Waals surface area contributed by atoms with Crippen molar-refractivity contribution in [2.75, 3.05) is 11.4 Å². The fraction of sp³-hybridized carbons (Fsp3) is 0.500. The average Bonchev–Trinajstić information content (AvgIpc) is 2.89. The molecule has 0 aromatic heterocycles. The summed E-state index contributed by atoms with van der Waals surface area (Å²) >= 11 is 0. The van der Waals surface area contributed by atoms with Crippen LogP contribution in [-0.4, -0.2) is 23.5 Å². The molecule has 0 spiro atoms. The molecule has 1 aliphatic carbocycles. The van der Waals surface area contributed by atoms with Crippen LogP contribution in [0.25, 0.3) is 0 Å². The van der Waals surface area contributed by atoms with Crippen molar-refractivity contribution < 1.29 is 19.1 Å². The number of halogens is 1. The lowest BCUT2D eigenvalue weighted by Gasteiger charge is -2.28. The van der Waals surface area contributed by atoms with Gasteiger partial charge in [-0.2, -0.15) is 0 Å². The van der Waals surface area contributed by atoms with Crippen molar-refractivity contribution in [3.05, 3.63) is 30.1 Å². The van der Waals surface area contributed by atoms with Crippen molar-refractivity contribution in [3.8, 4) is 0 Å². The zero-order valence-corrected chi connectivity index (χ0v) is 12.1. The Bertz CT molecular complexity index is 538. The van der Waals surface area contributed by atoms with Crippen LogP contribution in [0.4, 0.5) is 10.1 Å². The normalized spacial score (nSPS) is 16.7. The fourth-order valence-corrected chi connectivity index (χ4v) is 3.05. The maximum absolute atomic E-state index is 13.3. The number of carbonyl (C=O) groups excluding carboxylic acids is 1. The Kier molecular flexibility index (Phi) is 4.60. The number of anilines is 1. The highest BCUT2D eigenvalue weighted by molar-refractivity contribution is 5.96. The molecule has 1 aliphatic rings. The number of amides is 1. The molecule has 0 bridgehead atoms. The van der Waals surface area contributed by atoms with Gasteiger partial charge in [-0.3, -0.25) is 9.59 Å². The molecule has 5 heteroatoms. The van der Waals surface area contributed by atoms with Gasteiger partial charge in [0, 0.05) is 18.7 Å². The minimum atomic E-state index is -0.947. The molecular weight excluding hydrogens is 273 g/mol. The molecule has 4 nitrogen and oxygen atoms in total. The Hall–Kier alpha value is -1.91. The minimum absolute atomic E-state index is 0.0211. The van der Waals surface area contributed by atoms with Crippen molar-refractivity contribution in [3.63, 3.8) is 0 Å². The molecular formula is C16H20FNO3. The molecule has 0 radical (unpaired) electrons. The lowest BCUT2D eigenvalue weighted by atomic mass is 9.82. The SMILES string of the molecule is CCN(C(=O)CC1(C(=O)O)CCCC1)c1cccc(F)c1. The Morgan fingerprint density at radius 3 is 2.52 bits per heavy atom. The van der Waals surface area contributed by atoms with E-state index in [1.54, 1.807) is 19.1 Å². The third-order valence-corrected chi connectivity index (χ3v) is 4.24. The predicted molar refractivity (Wildman–Crippen MR) is 77.6 cm³/mol. The number of hydrogen-bond donors (Lipinski definition) is 1. The van der Waals surface area contributed by atoms with Crippen molar-refractivity contribution >= 4 is 17.6 Å². The lowest BCUT2D eigenvalue weighted by molar-refractivity contribution is -0.151. The standard InChI is InChI=1S/C16H20FNO3/c1-2-18(13-7-5-6-12(17)10-13)14(19)11-16(15(20)21)8-3-4-9-16/h5-7,10H,2-4,8-9,11H2,1H3,(H,20,21). The second-order valence-electron chi connectivity index (χ2n) is 5.59. The minimum Gasteiger partial charge on any atom is -0.481 e. The van der Waals surface area contributed by atoms with E-state index in [0.717, 1.165) is 12.8 Å². The van der Waals surface area contributed by atoms with E-state index in [1.165, 1.54) is 17.0 Å². The van der Waals surface area contributed by atoms with Gasteiger partial charge in [0.2, 0.25) is 5.91 Å². The molecule has 1 amide bonds. The maximum Gasteiger partial charge on any atom is 0.310 e. The second-order valence-corrected chi connectivity index (χ2v) is 5.59. The molecule has 0 atom stereocenters. The number of rotatable bonds is 5. The molecule has 0 saturated heterocycles. The first-order valence-corrected chi connectivity index (χ1v) is 7.28. The van der Waals surface area contributed by atoms with E-state index in [4.69, 9.17) is 0 Å². The van der Waals surface area contributed by atoms with Crippen LogP contribution in [0.2, 0.25) is 0 Å². The molecule has 114 valence electrons. The summed E-state index contributed by atoms with van der Waals surface area (Å²) in [5.74, 6) is -1.57. The molecule has 2 rings (SSSR count). The molecule has 1 N–H and O–H groups in total. The van der Waals surface area contributed by atoms with Gasteiger partial charge in [-0.1, -0.05) is 18.9 Å². The number of hydrogen-bond acceptors (Lipinski definition) is 2. The van der Waals surface area contributed by atoms with Crippen molar-refractivity contribution in [1.29, 1.82) is 0 Å². The molecule has 1 aromatic carbocycles. The summed E-state index contributed by atoms with van der Waals surface area (Å²) in [6, 6.07) is 5.82. The van der Waals surface area contributed by atoms with Crippen LogP contribution in [0.15, 0.2) is 24.3 Å². The monoisotopic (exact) mass is 293 g/mol. The zero-order valence-electron chi connectivity index (χ0n) is 12.1. The van der Waals surface area contributed by atoms with Gasteiger partial charge in [-0.25, -0.2) is 4.39 Å². The van der Waals surface area contributed by atoms with E-state index < -0.39 is 17.2 Å². The number of aliphatic carboxylic acids is 1. The van der Waals surface area contributed by atoms with Crippen molar-refractivity contribution in [2.45, 2.75) is 39.0 Å². The molecule has 1 saturated carbocycles. The van der Waals surface area contributed by atoms with Gasteiger partial charge >= 0.3 is 5.97 Å². The lowest BCUT2D eigenvalue weighted by Crippen LogP contribution is -2.38. The summed E-state index contributed by atoms with van der Waals surface area (Å²) in [4.78, 5) is 25.5. The first-order chi connectivity index (χ1) is 9.98. The summed E-state index contributed by atoms with van der Waals surface area (Å²) in [6.45, 7) is 2.18. The number of benzene rings is 1. The first-order valence-electron chi connectivity index (χ1n) is 7.28. The summed E-state index contributed by atoms with van der Waals surface area (Å²) in [6.07, 6.45) is 2.73. The predicted octanol–water partition coefficient (Wildman–Crippen LogP) is 3.21. The van der Waals surface area contributed by atoms with E-state index in [-0.39, 0.29) is 12.3 Å².